The molecule has 0 heterocycles. The van der Waals surface area contributed by atoms with Crippen LogP contribution < -0.4 is 11.1 Å². The SMILES string of the molecule is COCCCC(N)C(=O)NC1CC(C)CCC1C(C)C. The molecule has 1 fully saturated rings. The molecule has 0 aliphatic heterocycles. The molecule has 0 aromatic carbocycles. The van der Waals surface area contributed by atoms with Crippen LogP contribution in [0.3, 0.4) is 0 Å². The van der Waals surface area contributed by atoms with E-state index in [1.807, 2.05) is 0 Å². The van der Waals surface area contributed by atoms with Crippen molar-refractivity contribution in [1.82, 2.24) is 5.32 Å². The average molecular weight is 284 g/mol. The molecule has 4 heteroatoms. The lowest BCUT2D eigenvalue weighted by Gasteiger charge is -2.38. The molecular formula is C16H32N2O2. The molecule has 1 aliphatic carbocycles. The molecule has 0 spiro atoms. The summed E-state index contributed by atoms with van der Waals surface area (Å²) in [5, 5.41) is 3.20. The monoisotopic (exact) mass is 284 g/mol. The van der Waals surface area contributed by atoms with Gasteiger partial charge in [0.15, 0.2) is 0 Å². The van der Waals surface area contributed by atoms with E-state index in [1.165, 1.54) is 12.8 Å². The fraction of sp³-hybridized carbons (Fsp3) is 0.938. The first kappa shape index (κ1) is 17.4. The van der Waals surface area contributed by atoms with Gasteiger partial charge in [-0.2, -0.15) is 0 Å². The smallest absolute Gasteiger partial charge is 0.237 e. The molecular weight excluding hydrogens is 252 g/mol. The first-order chi connectivity index (χ1) is 9.45. The second-order valence-corrected chi connectivity index (χ2v) is 6.68. The number of nitrogens with two attached hydrogens (primary N) is 1. The maximum atomic E-state index is 12.2. The summed E-state index contributed by atoms with van der Waals surface area (Å²) in [5.74, 6) is 1.89. The molecule has 1 amide bonds. The van der Waals surface area contributed by atoms with Gasteiger partial charge in [-0.3, -0.25) is 4.79 Å². The topological polar surface area (TPSA) is 64.3 Å². The Balaban J connectivity index is 2.48. The molecule has 1 rings (SSSR count). The number of carbonyl (C=O) groups excluding carboxylic acids is 1. The summed E-state index contributed by atoms with van der Waals surface area (Å²) in [7, 11) is 1.67. The van der Waals surface area contributed by atoms with Crippen molar-refractivity contribution in [3.8, 4) is 0 Å². The van der Waals surface area contributed by atoms with Crippen molar-refractivity contribution >= 4 is 5.91 Å². The van der Waals surface area contributed by atoms with Crippen LogP contribution in [0.25, 0.3) is 0 Å². The molecule has 20 heavy (non-hydrogen) atoms. The summed E-state index contributed by atoms with van der Waals surface area (Å²) in [4.78, 5) is 12.2. The number of rotatable bonds is 7. The molecule has 1 saturated carbocycles. The van der Waals surface area contributed by atoms with Crippen LogP contribution in [-0.2, 0) is 9.53 Å². The Kier molecular flexibility index (Phi) is 7.52. The summed E-state index contributed by atoms with van der Waals surface area (Å²) >= 11 is 0. The first-order valence-electron chi connectivity index (χ1n) is 8.00. The lowest BCUT2D eigenvalue weighted by molar-refractivity contribution is -0.124. The third-order valence-electron chi connectivity index (χ3n) is 4.55. The molecule has 0 aromatic heterocycles. The maximum Gasteiger partial charge on any atom is 0.237 e. The highest BCUT2D eigenvalue weighted by molar-refractivity contribution is 5.81. The molecule has 0 bridgehead atoms. The van der Waals surface area contributed by atoms with Gasteiger partial charge < -0.3 is 15.8 Å². The van der Waals surface area contributed by atoms with Gasteiger partial charge in [-0.15, -0.1) is 0 Å². The maximum absolute atomic E-state index is 12.2. The van der Waals surface area contributed by atoms with Crippen molar-refractivity contribution in [2.45, 2.75) is 65.0 Å². The second-order valence-electron chi connectivity index (χ2n) is 6.68. The van der Waals surface area contributed by atoms with E-state index in [0.29, 0.717) is 36.8 Å². The Morgan fingerprint density at radius 3 is 2.70 bits per heavy atom. The van der Waals surface area contributed by atoms with Gasteiger partial charge in [0.25, 0.3) is 0 Å². The number of amides is 1. The minimum Gasteiger partial charge on any atom is -0.385 e. The molecule has 4 nitrogen and oxygen atoms in total. The number of hydrogen-bond acceptors (Lipinski definition) is 3. The van der Waals surface area contributed by atoms with Gasteiger partial charge in [0.1, 0.15) is 0 Å². The van der Waals surface area contributed by atoms with Crippen molar-refractivity contribution in [1.29, 1.82) is 0 Å². The van der Waals surface area contributed by atoms with E-state index < -0.39 is 6.04 Å². The zero-order valence-electron chi connectivity index (χ0n) is 13.5. The molecule has 0 radical (unpaired) electrons. The minimum atomic E-state index is -0.407. The first-order valence-corrected chi connectivity index (χ1v) is 8.00. The van der Waals surface area contributed by atoms with E-state index in [0.717, 1.165) is 12.8 Å². The van der Waals surface area contributed by atoms with Crippen molar-refractivity contribution < 1.29 is 9.53 Å². The Morgan fingerprint density at radius 1 is 1.40 bits per heavy atom. The van der Waals surface area contributed by atoms with Crippen molar-refractivity contribution in [3.63, 3.8) is 0 Å². The number of carbonyl (C=O) groups is 1. The highest BCUT2D eigenvalue weighted by Crippen LogP contribution is 2.33. The summed E-state index contributed by atoms with van der Waals surface area (Å²) in [6.45, 7) is 7.43. The molecule has 0 aromatic rings. The quantitative estimate of drug-likeness (QED) is 0.705. The summed E-state index contributed by atoms with van der Waals surface area (Å²) in [6.07, 6.45) is 5.09. The fourth-order valence-corrected chi connectivity index (χ4v) is 3.24. The highest BCUT2D eigenvalue weighted by Gasteiger charge is 2.32. The third kappa shape index (κ3) is 5.41. The Morgan fingerprint density at radius 2 is 2.10 bits per heavy atom. The van der Waals surface area contributed by atoms with Crippen LogP contribution in [0.1, 0.15) is 52.9 Å². The van der Waals surface area contributed by atoms with Gasteiger partial charge >= 0.3 is 0 Å². The Bertz CT molecular complexity index is 294. The zero-order valence-corrected chi connectivity index (χ0v) is 13.5. The van der Waals surface area contributed by atoms with Crippen LogP contribution >= 0.6 is 0 Å². The lowest BCUT2D eigenvalue weighted by Crippen LogP contribution is -2.50. The Labute approximate surface area is 123 Å². The van der Waals surface area contributed by atoms with E-state index in [-0.39, 0.29) is 5.91 Å². The van der Waals surface area contributed by atoms with E-state index in [1.54, 1.807) is 7.11 Å². The van der Waals surface area contributed by atoms with Crippen LogP contribution in [0.5, 0.6) is 0 Å². The molecule has 1 aliphatic rings. The summed E-state index contributed by atoms with van der Waals surface area (Å²) in [6, 6.07) is -0.116. The molecule has 4 atom stereocenters. The number of nitrogens with one attached hydrogen (secondary N) is 1. The van der Waals surface area contributed by atoms with Crippen LogP contribution in [0, 0.1) is 17.8 Å². The number of hydrogen-bond donors (Lipinski definition) is 2. The second kappa shape index (κ2) is 8.63. The van der Waals surface area contributed by atoms with Gasteiger partial charge in [0, 0.05) is 19.8 Å². The largest absolute Gasteiger partial charge is 0.385 e. The van der Waals surface area contributed by atoms with Gasteiger partial charge in [-0.25, -0.2) is 0 Å². The minimum absolute atomic E-state index is 0.00542. The van der Waals surface area contributed by atoms with Crippen molar-refractivity contribution in [2.24, 2.45) is 23.5 Å². The van der Waals surface area contributed by atoms with Gasteiger partial charge in [0.05, 0.1) is 6.04 Å². The molecule has 4 unspecified atom stereocenters. The van der Waals surface area contributed by atoms with Gasteiger partial charge in [0.2, 0.25) is 5.91 Å². The Hall–Kier alpha value is -0.610. The molecule has 118 valence electrons. The fourth-order valence-electron chi connectivity index (χ4n) is 3.24. The zero-order chi connectivity index (χ0) is 15.1. The van der Waals surface area contributed by atoms with Crippen LogP contribution in [-0.4, -0.2) is 31.7 Å². The number of methoxy groups -OCH3 is 1. The summed E-state index contributed by atoms with van der Waals surface area (Å²) in [5.41, 5.74) is 5.96. The highest BCUT2D eigenvalue weighted by atomic mass is 16.5. The summed E-state index contributed by atoms with van der Waals surface area (Å²) < 4.78 is 5.00. The molecule has 0 saturated heterocycles. The van der Waals surface area contributed by atoms with Crippen molar-refractivity contribution in [3.05, 3.63) is 0 Å². The van der Waals surface area contributed by atoms with Crippen LogP contribution in [0.4, 0.5) is 0 Å². The number of ether oxygens (including phenoxy) is 1. The van der Waals surface area contributed by atoms with Crippen molar-refractivity contribution in [2.75, 3.05) is 13.7 Å². The third-order valence-corrected chi connectivity index (χ3v) is 4.55. The van der Waals surface area contributed by atoms with E-state index in [4.69, 9.17) is 10.5 Å². The van der Waals surface area contributed by atoms with Gasteiger partial charge in [-0.1, -0.05) is 27.2 Å². The van der Waals surface area contributed by atoms with Crippen LogP contribution in [0.15, 0.2) is 0 Å². The normalized spacial score (nSPS) is 28.4. The average Bonchev–Trinajstić information content (AvgIpc) is 2.38. The predicted octanol–water partition coefficient (Wildman–Crippen LogP) is 2.32. The van der Waals surface area contributed by atoms with E-state index in [2.05, 4.69) is 26.1 Å². The van der Waals surface area contributed by atoms with Gasteiger partial charge in [-0.05, 0) is 43.4 Å². The standard InChI is InChI=1S/C16H32N2O2/c1-11(2)13-8-7-12(3)10-15(13)18-16(19)14(17)6-5-9-20-4/h11-15H,5-10,17H2,1-4H3,(H,18,19). The lowest BCUT2D eigenvalue weighted by atomic mass is 9.74. The van der Waals surface area contributed by atoms with E-state index in [9.17, 15) is 4.79 Å². The molecule has 3 N–H and O–H groups in total. The van der Waals surface area contributed by atoms with Crippen LogP contribution in [0.2, 0.25) is 0 Å². The predicted molar refractivity (Wildman–Crippen MR) is 82.4 cm³/mol. The van der Waals surface area contributed by atoms with E-state index >= 15 is 0 Å².